The lowest BCUT2D eigenvalue weighted by Crippen LogP contribution is -2.26. The van der Waals surface area contributed by atoms with E-state index in [1.807, 2.05) is 25.1 Å². The molecule has 0 aliphatic rings. The first-order chi connectivity index (χ1) is 13.4. The molecule has 6 nitrogen and oxygen atoms in total. The first kappa shape index (κ1) is 18.3. The van der Waals surface area contributed by atoms with Crippen LogP contribution in [0, 0.1) is 20.8 Å². The number of rotatable bonds is 4. The van der Waals surface area contributed by atoms with E-state index in [4.69, 9.17) is 4.52 Å². The number of hydrogen-bond donors (Lipinski definition) is 0. The van der Waals surface area contributed by atoms with Gasteiger partial charge in [-0.25, -0.2) is 4.98 Å². The van der Waals surface area contributed by atoms with Crippen LogP contribution in [-0.2, 0) is 6.54 Å². The lowest BCUT2D eigenvalue weighted by molar-refractivity contribution is 0.0787. The van der Waals surface area contributed by atoms with Crippen LogP contribution < -0.4 is 0 Å². The molecule has 0 saturated carbocycles. The van der Waals surface area contributed by atoms with Crippen LogP contribution in [0.1, 0.15) is 31.4 Å². The van der Waals surface area contributed by atoms with Crippen molar-refractivity contribution < 1.29 is 9.32 Å². The third kappa shape index (κ3) is 3.29. The van der Waals surface area contributed by atoms with E-state index in [0.29, 0.717) is 28.9 Å². The van der Waals surface area contributed by atoms with Crippen molar-refractivity contribution >= 4 is 28.3 Å². The summed E-state index contributed by atoms with van der Waals surface area (Å²) in [5.41, 5.74) is 4.30. The molecule has 4 aromatic heterocycles. The summed E-state index contributed by atoms with van der Waals surface area (Å²) in [7, 11) is 1.78. The summed E-state index contributed by atoms with van der Waals surface area (Å²) in [6.45, 7) is 6.41. The Kier molecular flexibility index (Phi) is 4.68. The molecule has 0 aliphatic carbocycles. The largest absolute Gasteiger partial charge is 0.337 e. The fourth-order valence-electron chi connectivity index (χ4n) is 3.33. The quantitative estimate of drug-likeness (QED) is 0.510. The Labute approximate surface area is 166 Å². The highest BCUT2D eigenvalue weighted by Crippen LogP contribution is 2.33. The van der Waals surface area contributed by atoms with Crippen molar-refractivity contribution in [3.63, 3.8) is 0 Å². The third-order valence-corrected chi connectivity index (χ3v) is 5.62. The summed E-state index contributed by atoms with van der Waals surface area (Å²) in [6.07, 6.45) is 3.48. The number of nitrogens with zero attached hydrogens (tertiary/aromatic N) is 4. The van der Waals surface area contributed by atoms with Crippen molar-refractivity contribution in [3.05, 3.63) is 63.2 Å². The summed E-state index contributed by atoms with van der Waals surface area (Å²) in [5.74, 6) is -0.103. The van der Waals surface area contributed by atoms with Gasteiger partial charge in [0, 0.05) is 41.3 Å². The highest BCUT2D eigenvalue weighted by Gasteiger charge is 2.22. The van der Waals surface area contributed by atoms with Gasteiger partial charge in [-0.3, -0.25) is 9.78 Å². The van der Waals surface area contributed by atoms with Gasteiger partial charge in [0.25, 0.3) is 11.6 Å². The predicted molar refractivity (Wildman–Crippen MR) is 109 cm³/mol. The molecule has 1 amide bonds. The Morgan fingerprint density at radius 2 is 2.07 bits per heavy atom. The molecule has 142 valence electrons. The minimum atomic E-state index is -0.103. The lowest BCUT2D eigenvalue weighted by atomic mass is 10.0. The number of carbonyl (C=O) groups excluding carboxylic acids is 1. The zero-order valence-electron chi connectivity index (χ0n) is 16.2. The molecular formula is C21H20N4O2S. The number of thiophene rings is 1. The van der Waals surface area contributed by atoms with Crippen molar-refractivity contribution in [1.29, 1.82) is 0 Å². The number of amides is 1. The second-order valence-corrected chi connectivity index (χ2v) is 8.31. The number of aromatic nitrogens is 3. The van der Waals surface area contributed by atoms with Gasteiger partial charge in [-0.05, 0) is 44.5 Å². The van der Waals surface area contributed by atoms with Gasteiger partial charge < -0.3 is 9.42 Å². The second kappa shape index (κ2) is 7.16. The minimum absolute atomic E-state index is 0.103. The van der Waals surface area contributed by atoms with Gasteiger partial charge in [0.2, 0.25) is 0 Å². The van der Waals surface area contributed by atoms with E-state index in [1.54, 1.807) is 35.7 Å². The number of aryl methyl sites for hydroxylation is 3. The number of carbonyl (C=O) groups is 1. The van der Waals surface area contributed by atoms with Crippen LogP contribution in [0.2, 0.25) is 0 Å². The molecule has 7 heteroatoms. The smallest absolute Gasteiger partial charge is 0.259 e. The maximum atomic E-state index is 13.3. The first-order valence-electron chi connectivity index (χ1n) is 8.93. The zero-order chi connectivity index (χ0) is 19.8. The molecule has 4 aromatic rings. The van der Waals surface area contributed by atoms with Gasteiger partial charge in [-0.15, -0.1) is 11.3 Å². The summed E-state index contributed by atoms with van der Waals surface area (Å²) in [5, 5.41) is 4.69. The number of fused-ring (bicyclic) bond motifs is 1. The van der Waals surface area contributed by atoms with Gasteiger partial charge in [0.1, 0.15) is 0 Å². The molecule has 0 spiro atoms. The monoisotopic (exact) mass is 392 g/mol. The van der Waals surface area contributed by atoms with E-state index in [1.165, 1.54) is 4.88 Å². The molecule has 28 heavy (non-hydrogen) atoms. The van der Waals surface area contributed by atoms with E-state index in [-0.39, 0.29) is 5.91 Å². The standard InChI is InChI=1S/C21H20N4O2S/c1-12-8-16(14(3)28-12)18-9-17(19-13(2)24-27-20(19)23-18)21(26)25(4)11-15-6-5-7-22-10-15/h5-10H,11H2,1-4H3. The van der Waals surface area contributed by atoms with Crippen LogP contribution in [0.3, 0.4) is 0 Å². The molecule has 0 fully saturated rings. The van der Waals surface area contributed by atoms with Gasteiger partial charge in [-0.1, -0.05) is 11.2 Å². The topological polar surface area (TPSA) is 72.1 Å². The Morgan fingerprint density at radius 1 is 1.25 bits per heavy atom. The minimum Gasteiger partial charge on any atom is -0.337 e. The maximum absolute atomic E-state index is 13.3. The van der Waals surface area contributed by atoms with Gasteiger partial charge in [0.05, 0.1) is 22.3 Å². The highest BCUT2D eigenvalue weighted by atomic mass is 32.1. The van der Waals surface area contributed by atoms with E-state index in [9.17, 15) is 4.79 Å². The summed E-state index contributed by atoms with van der Waals surface area (Å²) >= 11 is 1.71. The molecule has 0 radical (unpaired) electrons. The zero-order valence-corrected chi connectivity index (χ0v) is 17.0. The van der Waals surface area contributed by atoms with Crippen molar-refractivity contribution in [3.8, 4) is 11.3 Å². The van der Waals surface area contributed by atoms with Gasteiger partial charge >= 0.3 is 0 Å². The fraction of sp³-hybridized carbons (Fsp3) is 0.238. The predicted octanol–water partition coefficient (Wildman–Crippen LogP) is 4.54. The normalized spacial score (nSPS) is 11.1. The molecule has 0 atom stereocenters. The summed E-state index contributed by atoms with van der Waals surface area (Å²) in [4.78, 5) is 26.1. The highest BCUT2D eigenvalue weighted by molar-refractivity contribution is 7.12. The second-order valence-electron chi connectivity index (χ2n) is 6.85. The molecule has 0 aliphatic heterocycles. The van der Waals surface area contributed by atoms with E-state index in [0.717, 1.165) is 21.7 Å². The molecule has 0 N–H and O–H groups in total. The lowest BCUT2D eigenvalue weighted by Gasteiger charge is -2.18. The number of pyridine rings is 2. The van der Waals surface area contributed by atoms with Crippen molar-refractivity contribution in [2.24, 2.45) is 0 Å². The van der Waals surface area contributed by atoms with Crippen molar-refractivity contribution in [1.82, 2.24) is 20.0 Å². The van der Waals surface area contributed by atoms with Crippen LogP contribution >= 0.6 is 11.3 Å². The van der Waals surface area contributed by atoms with Crippen LogP contribution in [0.15, 0.2) is 41.2 Å². The molecule has 0 saturated heterocycles. The van der Waals surface area contributed by atoms with E-state index < -0.39 is 0 Å². The molecule has 4 heterocycles. The van der Waals surface area contributed by atoms with Crippen LogP contribution in [0.5, 0.6) is 0 Å². The summed E-state index contributed by atoms with van der Waals surface area (Å²) in [6, 6.07) is 7.75. The van der Waals surface area contributed by atoms with Gasteiger partial charge in [0.15, 0.2) is 0 Å². The fourth-order valence-corrected chi connectivity index (χ4v) is 4.26. The maximum Gasteiger partial charge on any atom is 0.259 e. The van der Waals surface area contributed by atoms with Crippen LogP contribution in [-0.4, -0.2) is 33.0 Å². The van der Waals surface area contributed by atoms with Crippen molar-refractivity contribution in [2.75, 3.05) is 7.05 Å². The average molecular weight is 392 g/mol. The van der Waals surface area contributed by atoms with Crippen molar-refractivity contribution in [2.45, 2.75) is 27.3 Å². The Bertz CT molecular complexity index is 1160. The average Bonchev–Trinajstić information content (AvgIpc) is 3.22. The Hall–Kier alpha value is -3.06. The SMILES string of the molecule is Cc1cc(-c2cc(C(=O)N(C)Cc3cccnc3)c3c(C)noc3n2)c(C)s1. The molecule has 0 bridgehead atoms. The van der Waals surface area contributed by atoms with Crippen LogP contribution in [0.4, 0.5) is 0 Å². The Balaban J connectivity index is 1.79. The number of hydrogen-bond acceptors (Lipinski definition) is 6. The Morgan fingerprint density at radius 3 is 2.75 bits per heavy atom. The first-order valence-corrected chi connectivity index (χ1v) is 9.74. The third-order valence-electron chi connectivity index (χ3n) is 4.65. The molecule has 4 rings (SSSR count). The molecule has 0 unspecified atom stereocenters. The molecular weight excluding hydrogens is 372 g/mol. The van der Waals surface area contributed by atoms with E-state index in [2.05, 4.69) is 35.0 Å². The van der Waals surface area contributed by atoms with Crippen LogP contribution in [0.25, 0.3) is 22.4 Å². The molecule has 0 aromatic carbocycles. The van der Waals surface area contributed by atoms with Gasteiger partial charge in [-0.2, -0.15) is 0 Å². The summed E-state index contributed by atoms with van der Waals surface area (Å²) < 4.78 is 5.41. The van der Waals surface area contributed by atoms with E-state index >= 15 is 0 Å².